The molecule has 4 nitrogen and oxygen atoms in total. The molecule has 2 aromatic carbocycles. The van der Waals surface area contributed by atoms with Crippen LogP contribution in [0.15, 0.2) is 67.0 Å². The van der Waals surface area contributed by atoms with Gasteiger partial charge in [0.25, 0.3) is 0 Å². The molecular weight excluding hydrogens is 444 g/mol. The van der Waals surface area contributed by atoms with E-state index in [0.717, 1.165) is 30.9 Å². The standard InChI is InChI=1S/C16H22N2O.C13H19ClO/c1-16(2,3)14-6-8-15(9-7-14)19-13-5-12-18-11-4-10-17-18;1-13(2,3)11-5-7-12(8-6-11)15-10-4-9-14/h4,6-11H,5,12-13H2,1-3H3;5-8H,4,9-10H2,1-3H3. The molecule has 3 aromatic rings. The first-order valence-corrected chi connectivity index (χ1v) is 12.6. The van der Waals surface area contributed by atoms with Crippen molar-refractivity contribution in [2.45, 2.75) is 71.8 Å². The molecule has 0 spiro atoms. The lowest BCUT2D eigenvalue weighted by Crippen LogP contribution is -2.10. The SMILES string of the molecule is CC(C)(C)c1ccc(OCCCCl)cc1.CC(C)(C)c1ccc(OCCCn2cccn2)cc1. The maximum Gasteiger partial charge on any atom is 0.119 e. The van der Waals surface area contributed by atoms with Gasteiger partial charge in [-0.15, -0.1) is 11.6 Å². The van der Waals surface area contributed by atoms with E-state index in [1.54, 1.807) is 6.20 Å². The Balaban J connectivity index is 0.000000248. The highest BCUT2D eigenvalue weighted by atomic mass is 35.5. The van der Waals surface area contributed by atoms with Crippen LogP contribution < -0.4 is 9.47 Å². The number of alkyl halides is 1. The van der Waals surface area contributed by atoms with Crippen molar-refractivity contribution in [2.75, 3.05) is 19.1 Å². The van der Waals surface area contributed by atoms with Gasteiger partial charge in [-0.25, -0.2) is 0 Å². The second-order valence-corrected chi connectivity index (χ2v) is 10.8. The van der Waals surface area contributed by atoms with Gasteiger partial charge in [0.15, 0.2) is 0 Å². The molecule has 0 fully saturated rings. The van der Waals surface area contributed by atoms with Crippen LogP contribution in [0.3, 0.4) is 0 Å². The predicted octanol–water partition coefficient (Wildman–Crippen LogP) is 7.64. The summed E-state index contributed by atoms with van der Waals surface area (Å²) in [6, 6.07) is 18.6. The lowest BCUT2D eigenvalue weighted by molar-refractivity contribution is 0.298. The number of ether oxygens (including phenoxy) is 2. The monoisotopic (exact) mass is 484 g/mol. The molecule has 0 atom stereocenters. The minimum Gasteiger partial charge on any atom is -0.494 e. The zero-order valence-corrected chi connectivity index (χ0v) is 22.4. The number of hydrogen-bond donors (Lipinski definition) is 0. The quantitative estimate of drug-likeness (QED) is 0.231. The van der Waals surface area contributed by atoms with E-state index in [0.29, 0.717) is 19.1 Å². The Morgan fingerprint density at radius 1 is 0.735 bits per heavy atom. The number of nitrogens with zero attached hydrogens (tertiary/aromatic N) is 2. The molecule has 0 aliphatic rings. The summed E-state index contributed by atoms with van der Waals surface area (Å²) in [5.41, 5.74) is 3.05. The maximum atomic E-state index is 5.73. The first kappa shape index (κ1) is 27.8. The Morgan fingerprint density at radius 3 is 1.59 bits per heavy atom. The van der Waals surface area contributed by atoms with Crippen LogP contribution in [0.25, 0.3) is 0 Å². The summed E-state index contributed by atoms with van der Waals surface area (Å²) < 4.78 is 13.2. The molecule has 186 valence electrons. The van der Waals surface area contributed by atoms with Crippen molar-refractivity contribution in [3.05, 3.63) is 78.1 Å². The third kappa shape index (κ3) is 10.2. The predicted molar refractivity (Wildman–Crippen MR) is 143 cm³/mol. The van der Waals surface area contributed by atoms with Crippen molar-refractivity contribution in [3.63, 3.8) is 0 Å². The summed E-state index contributed by atoms with van der Waals surface area (Å²) in [5.74, 6) is 2.52. The van der Waals surface area contributed by atoms with E-state index in [4.69, 9.17) is 21.1 Å². The molecule has 1 heterocycles. The summed E-state index contributed by atoms with van der Waals surface area (Å²) in [5, 5.41) is 4.16. The van der Waals surface area contributed by atoms with Crippen LogP contribution in [0.2, 0.25) is 0 Å². The summed E-state index contributed by atoms with van der Waals surface area (Å²) in [6.45, 7) is 15.6. The average molecular weight is 485 g/mol. The van der Waals surface area contributed by atoms with Crippen molar-refractivity contribution in [2.24, 2.45) is 0 Å². The van der Waals surface area contributed by atoms with E-state index in [9.17, 15) is 0 Å². The molecule has 1 aromatic heterocycles. The number of hydrogen-bond acceptors (Lipinski definition) is 3. The van der Waals surface area contributed by atoms with Crippen molar-refractivity contribution in [3.8, 4) is 11.5 Å². The normalized spacial score (nSPS) is 11.5. The van der Waals surface area contributed by atoms with Crippen LogP contribution >= 0.6 is 11.6 Å². The summed E-state index contributed by atoms with van der Waals surface area (Å²) in [4.78, 5) is 0. The van der Waals surface area contributed by atoms with Crippen LogP contribution in [-0.2, 0) is 17.4 Å². The van der Waals surface area contributed by atoms with Gasteiger partial charge in [-0.1, -0.05) is 65.8 Å². The van der Waals surface area contributed by atoms with Gasteiger partial charge < -0.3 is 9.47 Å². The van der Waals surface area contributed by atoms with Crippen molar-refractivity contribution in [1.82, 2.24) is 9.78 Å². The van der Waals surface area contributed by atoms with E-state index in [1.165, 1.54) is 11.1 Å². The molecule has 0 saturated heterocycles. The van der Waals surface area contributed by atoms with Gasteiger partial charge >= 0.3 is 0 Å². The molecule has 0 amide bonds. The van der Waals surface area contributed by atoms with E-state index >= 15 is 0 Å². The number of rotatable bonds is 9. The molecule has 0 saturated carbocycles. The highest BCUT2D eigenvalue weighted by Crippen LogP contribution is 2.25. The summed E-state index contributed by atoms with van der Waals surface area (Å²) >= 11 is 5.57. The molecule has 3 rings (SSSR count). The smallest absolute Gasteiger partial charge is 0.119 e. The van der Waals surface area contributed by atoms with Gasteiger partial charge in [-0.2, -0.15) is 5.10 Å². The maximum absolute atomic E-state index is 5.73. The van der Waals surface area contributed by atoms with Crippen molar-refractivity contribution < 1.29 is 9.47 Å². The fourth-order valence-corrected chi connectivity index (χ4v) is 3.31. The van der Waals surface area contributed by atoms with Crippen LogP contribution in [0.4, 0.5) is 0 Å². The molecule has 0 bridgehead atoms. The van der Waals surface area contributed by atoms with Gasteiger partial charge in [0.05, 0.1) is 13.2 Å². The Labute approximate surface area is 211 Å². The molecule has 0 aliphatic carbocycles. The second-order valence-electron chi connectivity index (χ2n) is 10.4. The fraction of sp³-hybridized carbons (Fsp3) is 0.483. The first-order valence-electron chi connectivity index (χ1n) is 12.1. The Hall–Kier alpha value is -2.46. The molecule has 0 unspecified atom stereocenters. The largest absolute Gasteiger partial charge is 0.494 e. The lowest BCUT2D eigenvalue weighted by atomic mass is 9.87. The Kier molecular flexibility index (Phi) is 11.0. The van der Waals surface area contributed by atoms with Crippen molar-refractivity contribution >= 4 is 11.6 Å². The Bertz CT molecular complexity index is 922. The molecule has 0 radical (unpaired) electrons. The Morgan fingerprint density at radius 2 is 1.21 bits per heavy atom. The molecule has 0 N–H and O–H groups in total. The van der Waals surface area contributed by atoms with Crippen molar-refractivity contribution in [1.29, 1.82) is 0 Å². The number of halogens is 1. The van der Waals surface area contributed by atoms with Gasteiger partial charge in [-0.3, -0.25) is 4.68 Å². The van der Waals surface area contributed by atoms with Crippen LogP contribution in [-0.4, -0.2) is 28.9 Å². The second kappa shape index (κ2) is 13.4. The van der Waals surface area contributed by atoms with Gasteiger partial charge in [0.2, 0.25) is 0 Å². The van der Waals surface area contributed by atoms with Gasteiger partial charge in [0, 0.05) is 31.2 Å². The molecular formula is C29H41ClN2O2. The highest BCUT2D eigenvalue weighted by Gasteiger charge is 2.13. The van der Waals surface area contributed by atoms with E-state index in [1.807, 2.05) is 29.1 Å². The fourth-order valence-electron chi connectivity index (χ4n) is 3.20. The zero-order chi connectivity index (χ0) is 25.0. The molecule has 34 heavy (non-hydrogen) atoms. The molecule has 5 heteroatoms. The minimum absolute atomic E-state index is 0.193. The third-order valence-corrected chi connectivity index (χ3v) is 5.61. The van der Waals surface area contributed by atoms with E-state index in [2.05, 4.69) is 83.0 Å². The molecule has 0 aliphatic heterocycles. The lowest BCUT2D eigenvalue weighted by Gasteiger charge is -2.19. The number of aromatic nitrogens is 2. The summed E-state index contributed by atoms with van der Waals surface area (Å²) in [6.07, 6.45) is 5.62. The van der Waals surface area contributed by atoms with E-state index in [-0.39, 0.29) is 10.8 Å². The third-order valence-electron chi connectivity index (χ3n) is 5.35. The number of aryl methyl sites for hydroxylation is 1. The van der Waals surface area contributed by atoms with Gasteiger partial charge in [-0.05, 0) is 58.7 Å². The minimum atomic E-state index is 0.193. The van der Waals surface area contributed by atoms with Gasteiger partial charge in [0.1, 0.15) is 11.5 Å². The summed E-state index contributed by atoms with van der Waals surface area (Å²) in [7, 11) is 0. The average Bonchev–Trinajstić information content (AvgIpc) is 3.31. The number of benzene rings is 2. The van der Waals surface area contributed by atoms with Crippen LogP contribution in [0.1, 0.15) is 65.5 Å². The topological polar surface area (TPSA) is 36.3 Å². The first-order chi connectivity index (χ1) is 16.1. The zero-order valence-electron chi connectivity index (χ0n) is 21.7. The van der Waals surface area contributed by atoms with Crippen LogP contribution in [0, 0.1) is 0 Å². The van der Waals surface area contributed by atoms with Crippen LogP contribution in [0.5, 0.6) is 11.5 Å². The van der Waals surface area contributed by atoms with E-state index < -0.39 is 0 Å². The highest BCUT2D eigenvalue weighted by molar-refractivity contribution is 6.17.